The standard InChI is InChI=1S/C21H28FN3O/c1-24(14-16-7-4-3-5-8-16)9-6-10-25-15-19-18(21(25)13-23)11-17(26-2)12-20(19)22/h3-5,7-8,11-12,21H,6,9-10,13-15,23H2,1-2H3. The third kappa shape index (κ3) is 4.23. The molecule has 3 rings (SSSR count). The average molecular weight is 357 g/mol. The Morgan fingerprint density at radius 3 is 2.73 bits per heavy atom. The number of halogens is 1. The summed E-state index contributed by atoms with van der Waals surface area (Å²) in [6.07, 6.45) is 1.02. The number of fused-ring (bicyclic) bond motifs is 1. The van der Waals surface area contributed by atoms with Crippen molar-refractivity contribution in [3.05, 3.63) is 65.0 Å². The Labute approximate surface area is 155 Å². The van der Waals surface area contributed by atoms with Gasteiger partial charge in [-0.05, 0) is 37.2 Å². The highest BCUT2D eigenvalue weighted by molar-refractivity contribution is 5.42. The summed E-state index contributed by atoms with van der Waals surface area (Å²) in [5, 5.41) is 0. The van der Waals surface area contributed by atoms with Crippen LogP contribution in [0.1, 0.15) is 29.2 Å². The molecule has 26 heavy (non-hydrogen) atoms. The van der Waals surface area contributed by atoms with Crippen LogP contribution in [0.5, 0.6) is 5.75 Å². The van der Waals surface area contributed by atoms with Gasteiger partial charge in [-0.1, -0.05) is 30.3 Å². The second kappa shape index (κ2) is 8.62. The van der Waals surface area contributed by atoms with E-state index in [9.17, 15) is 4.39 Å². The first-order valence-electron chi connectivity index (χ1n) is 9.15. The Morgan fingerprint density at radius 1 is 1.27 bits per heavy atom. The number of benzene rings is 2. The van der Waals surface area contributed by atoms with Gasteiger partial charge in [0, 0.05) is 43.9 Å². The molecule has 1 heterocycles. The minimum absolute atomic E-state index is 0.0639. The lowest BCUT2D eigenvalue weighted by Gasteiger charge is -2.25. The number of rotatable bonds is 8. The van der Waals surface area contributed by atoms with Crippen LogP contribution in [0, 0.1) is 5.82 Å². The number of ether oxygens (including phenoxy) is 1. The lowest BCUT2D eigenvalue weighted by molar-refractivity contribution is 0.201. The molecule has 140 valence electrons. The van der Waals surface area contributed by atoms with Crippen LogP contribution in [0.3, 0.4) is 0 Å². The molecular weight excluding hydrogens is 329 g/mol. The van der Waals surface area contributed by atoms with Gasteiger partial charge in [-0.15, -0.1) is 0 Å². The van der Waals surface area contributed by atoms with Crippen molar-refractivity contribution in [2.24, 2.45) is 5.73 Å². The third-order valence-electron chi connectivity index (χ3n) is 5.10. The van der Waals surface area contributed by atoms with Gasteiger partial charge in [-0.2, -0.15) is 0 Å². The highest BCUT2D eigenvalue weighted by Gasteiger charge is 2.31. The maximum absolute atomic E-state index is 14.4. The van der Waals surface area contributed by atoms with E-state index in [1.54, 1.807) is 7.11 Å². The minimum atomic E-state index is -0.193. The van der Waals surface area contributed by atoms with Crippen LogP contribution < -0.4 is 10.5 Å². The molecule has 1 aliphatic heterocycles. The first-order valence-corrected chi connectivity index (χ1v) is 9.15. The molecular formula is C21H28FN3O. The van der Waals surface area contributed by atoms with Gasteiger partial charge in [0.05, 0.1) is 7.11 Å². The first-order chi connectivity index (χ1) is 12.6. The largest absolute Gasteiger partial charge is 0.497 e. The van der Waals surface area contributed by atoms with E-state index in [2.05, 4.69) is 41.1 Å². The Hall–Kier alpha value is -1.95. The Bertz CT molecular complexity index is 723. The van der Waals surface area contributed by atoms with Crippen molar-refractivity contribution in [2.75, 3.05) is 33.8 Å². The molecule has 1 atom stereocenters. The summed E-state index contributed by atoms with van der Waals surface area (Å²) in [6, 6.07) is 13.9. The molecule has 1 aliphatic rings. The second-order valence-corrected chi connectivity index (χ2v) is 6.98. The van der Waals surface area contributed by atoms with Crippen molar-refractivity contribution in [1.29, 1.82) is 0 Å². The molecule has 0 spiro atoms. The Balaban J connectivity index is 1.56. The Morgan fingerprint density at radius 2 is 2.04 bits per heavy atom. The Kier molecular flexibility index (Phi) is 6.25. The molecule has 2 aromatic rings. The van der Waals surface area contributed by atoms with Gasteiger partial charge in [-0.3, -0.25) is 4.90 Å². The van der Waals surface area contributed by atoms with Crippen molar-refractivity contribution in [2.45, 2.75) is 25.6 Å². The zero-order valence-corrected chi connectivity index (χ0v) is 15.6. The first kappa shape index (κ1) is 18.8. The number of hydrogen-bond acceptors (Lipinski definition) is 4. The lowest BCUT2D eigenvalue weighted by atomic mass is 10.0. The topological polar surface area (TPSA) is 41.7 Å². The van der Waals surface area contributed by atoms with Crippen molar-refractivity contribution < 1.29 is 9.13 Å². The molecule has 1 unspecified atom stereocenters. The number of methoxy groups -OCH3 is 1. The van der Waals surface area contributed by atoms with E-state index in [1.165, 1.54) is 11.6 Å². The van der Waals surface area contributed by atoms with Crippen LogP contribution in [0.15, 0.2) is 42.5 Å². The summed E-state index contributed by atoms with van der Waals surface area (Å²) >= 11 is 0. The highest BCUT2D eigenvalue weighted by atomic mass is 19.1. The maximum atomic E-state index is 14.4. The van der Waals surface area contributed by atoms with E-state index in [0.29, 0.717) is 18.8 Å². The molecule has 2 N–H and O–H groups in total. The molecule has 0 radical (unpaired) electrons. The van der Waals surface area contributed by atoms with Gasteiger partial charge in [0.25, 0.3) is 0 Å². The monoisotopic (exact) mass is 357 g/mol. The zero-order chi connectivity index (χ0) is 18.5. The molecule has 5 heteroatoms. The highest BCUT2D eigenvalue weighted by Crippen LogP contribution is 2.37. The number of nitrogens with two attached hydrogens (primary N) is 1. The fourth-order valence-corrected chi connectivity index (χ4v) is 3.75. The predicted molar refractivity (Wildman–Crippen MR) is 103 cm³/mol. The molecule has 0 saturated carbocycles. The van der Waals surface area contributed by atoms with E-state index in [1.807, 2.05) is 12.1 Å². The van der Waals surface area contributed by atoms with Crippen LogP contribution in [0.2, 0.25) is 0 Å². The van der Waals surface area contributed by atoms with Crippen LogP contribution in [0.25, 0.3) is 0 Å². The number of nitrogens with zero attached hydrogens (tertiary/aromatic N) is 2. The normalized spacial score (nSPS) is 16.9. The number of hydrogen-bond donors (Lipinski definition) is 1. The van der Waals surface area contributed by atoms with Crippen LogP contribution in [0.4, 0.5) is 4.39 Å². The minimum Gasteiger partial charge on any atom is -0.497 e. The average Bonchev–Trinajstić information content (AvgIpc) is 3.00. The van der Waals surface area contributed by atoms with Gasteiger partial charge in [0.15, 0.2) is 0 Å². The van der Waals surface area contributed by atoms with Crippen molar-refractivity contribution >= 4 is 0 Å². The maximum Gasteiger partial charge on any atom is 0.131 e. The van der Waals surface area contributed by atoms with E-state index in [-0.39, 0.29) is 11.9 Å². The van der Waals surface area contributed by atoms with Crippen LogP contribution in [-0.4, -0.2) is 43.6 Å². The van der Waals surface area contributed by atoms with Gasteiger partial charge in [-0.25, -0.2) is 4.39 Å². The van der Waals surface area contributed by atoms with Crippen molar-refractivity contribution in [3.8, 4) is 5.75 Å². The van der Waals surface area contributed by atoms with Crippen molar-refractivity contribution in [3.63, 3.8) is 0 Å². The SMILES string of the molecule is COc1cc(F)c2c(c1)C(CN)N(CCCN(C)Cc1ccccc1)C2. The molecule has 0 saturated heterocycles. The quantitative estimate of drug-likeness (QED) is 0.788. The summed E-state index contributed by atoms with van der Waals surface area (Å²) < 4.78 is 19.6. The fraction of sp³-hybridized carbons (Fsp3) is 0.429. The molecule has 0 fully saturated rings. The van der Waals surface area contributed by atoms with E-state index < -0.39 is 0 Å². The summed E-state index contributed by atoms with van der Waals surface area (Å²) in [5.41, 5.74) is 9.05. The summed E-state index contributed by atoms with van der Waals surface area (Å²) in [6.45, 7) is 3.93. The molecule has 0 aromatic heterocycles. The fourth-order valence-electron chi connectivity index (χ4n) is 3.75. The third-order valence-corrected chi connectivity index (χ3v) is 5.10. The molecule has 0 amide bonds. The zero-order valence-electron chi connectivity index (χ0n) is 15.6. The molecule has 0 aliphatic carbocycles. The molecule has 4 nitrogen and oxygen atoms in total. The molecule has 2 aromatic carbocycles. The van der Waals surface area contributed by atoms with Gasteiger partial charge in [0.2, 0.25) is 0 Å². The summed E-state index contributed by atoms with van der Waals surface area (Å²) in [4.78, 5) is 4.60. The predicted octanol–water partition coefficient (Wildman–Crippen LogP) is 3.17. The van der Waals surface area contributed by atoms with Gasteiger partial charge >= 0.3 is 0 Å². The van der Waals surface area contributed by atoms with Crippen LogP contribution in [-0.2, 0) is 13.1 Å². The van der Waals surface area contributed by atoms with Gasteiger partial charge < -0.3 is 15.4 Å². The van der Waals surface area contributed by atoms with Crippen LogP contribution >= 0.6 is 0 Å². The smallest absolute Gasteiger partial charge is 0.131 e. The van der Waals surface area contributed by atoms with Gasteiger partial charge in [0.1, 0.15) is 11.6 Å². The van der Waals surface area contributed by atoms with E-state index in [4.69, 9.17) is 10.5 Å². The van der Waals surface area contributed by atoms with E-state index in [0.717, 1.165) is 37.2 Å². The second-order valence-electron chi connectivity index (χ2n) is 6.98. The summed E-state index contributed by atoms with van der Waals surface area (Å²) in [5.74, 6) is 0.366. The van der Waals surface area contributed by atoms with E-state index >= 15 is 0 Å². The lowest BCUT2D eigenvalue weighted by Crippen LogP contribution is -2.31. The molecule has 0 bridgehead atoms. The summed E-state index contributed by atoms with van der Waals surface area (Å²) in [7, 11) is 3.70. The van der Waals surface area contributed by atoms with Crippen molar-refractivity contribution in [1.82, 2.24) is 9.80 Å².